The first-order chi connectivity index (χ1) is 7.41. The minimum absolute atomic E-state index is 0.0297. The van der Waals surface area contributed by atoms with Crippen LogP contribution in [0.2, 0.25) is 0 Å². The second-order valence-electron chi connectivity index (χ2n) is 4.32. The van der Waals surface area contributed by atoms with E-state index in [1.165, 1.54) is 6.07 Å². The molecule has 0 aliphatic carbocycles. The van der Waals surface area contributed by atoms with E-state index in [0.717, 1.165) is 5.56 Å². The van der Waals surface area contributed by atoms with Gasteiger partial charge in [0.05, 0.1) is 4.83 Å². The number of carbonyl (C=O) groups excluding carboxylic acids is 1. The van der Waals surface area contributed by atoms with Gasteiger partial charge in [0.15, 0.2) is 0 Å². The molecule has 0 amide bonds. The van der Waals surface area contributed by atoms with Crippen molar-refractivity contribution < 1.29 is 9.18 Å². The zero-order chi connectivity index (χ0) is 12.3. The van der Waals surface area contributed by atoms with Crippen molar-refractivity contribution in [3.8, 4) is 0 Å². The average Bonchev–Trinajstić information content (AvgIpc) is 2.20. The SMILES string of the molecule is Cc1ccc(CC(Br)C(=O)C(C)C)c(F)c1. The van der Waals surface area contributed by atoms with Gasteiger partial charge in [-0.05, 0) is 30.5 Å². The summed E-state index contributed by atoms with van der Waals surface area (Å²) < 4.78 is 13.5. The van der Waals surface area contributed by atoms with Gasteiger partial charge in [-0.3, -0.25) is 4.79 Å². The van der Waals surface area contributed by atoms with E-state index in [1.54, 1.807) is 6.07 Å². The van der Waals surface area contributed by atoms with Crippen LogP contribution in [0, 0.1) is 18.7 Å². The normalized spacial score (nSPS) is 12.9. The number of hydrogen-bond donors (Lipinski definition) is 0. The van der Waals surface area contributed by atoms with Crippen LogP contribution in [0.5, 0.6) is 0 Å². The van der Waals surface area contributed by atoms with Gasteiger partial charge in [0.25, 0.3) is 0 Å². The van der Waals surface area contributed by atoms with Gasteiger partial charge in [0.1, 0.15) is 11.6 Å². The molecule has 1 unspecified atom stereocenters. The molecule has 0 bridgehead atoms. The number of Topliss-reactive ketones (excluding diaryl/α,β-unsaturated/α-hetero) is 1. The summed E-state index contributed by atoms with van der Waals surface area (Å²) in [6, 6.07) is 5.10. The summed E-state index contributed by atoms with van der Waals surface area (Å²) in [6.45, 7) is 5.54. The zero-order valence-corrected chi connectivity index (χ0v) is 11.3. The van der Waals surface area contributed by atoms with Gasteiger partial charge in [-0.25, -0.2) is 4.39 Å². The summed E-state index contributed by atoms with van der Waals surface area (Å²) in [4.78, 5) is 11.4. The maximum atomic E-state index is 13.5. The molecular formula is C13H16BrFO. The van der Waals surface area contributed by atoms with E-state index < -0.39 is 0 Å². The Morgan fingerprint density at radius 2 is 2.06 bits per heavy atom. The fourth-order valence-electron chi connectivity index (χ4n) is 1.47. The number of halogens is 2. The van der Waals surface area contributed by atoms with Crippen LogP contribution in [0.1, 0.15) is 25.0 Å². The Bertz CT molecular complexity index is 388. The van der Waals surface area contributed by atoms with Crippen molar-refractivity contribution >= 4 is 21.7 Å². The van der Waals surface area contributed by atoms with E-state index >= 15 is 0 Å². The van der Waals surface area contributed by atoms with Crippen LogP contribution in [0.25, 0.3) is 0 Å². The molecule has 0 fully saturated rings. The molecular weight excluding hydrogens is 271 g/mol. The Labute approximate surface area is 104 Å². The molecule has 88 valence electrons. The number of aryl methyl sites for hydroxylation is 1. The Morgan fingerprint density at radius 3 is 2.56 bits per heavy atom. The molecule has 1 rings (SSSR count). The second-order valence-corrected chi connectivity index (χ2v) is 5.43. The first-order valence-corrected chi connectivity index (χ1v) is 6.26. The molecule has 0 aliphatic rings. The highest BCUT2D eigenvalue weighted by molar-refractivity contribution is 9.10. The summed E-state index contributed by atoms with van der Waals surface area (Å²) >= 11 is 3.32. The number of hydrogen-bond acceptors (Lipinski definition) is 1. The molecule has 0 radical (unpaired) electrons. The fourth-order valence-corrected chi connectivity index (χ4v) is 2.35. The van der Waals surface area contributed by atoms with E-state index in [0.29, 0.717) is 12.0 Å². The topological polar surface area (TPSA) is 17.1 Å². The van der Waals surface area contributed by atoms with E-state index in [4.69, 9.17) is 0 Å². The Balaban J connectivity index is 2.77. The monoisotopic (exact) mass is 286 g/mol. The second kappa shape index (κ2) is 5.58. The van der Waals surface area contributed by atoms with Gasteiger partial charge < -0.3 is 0 Å². The molecule has 1 aromatic rings. The van der Waals surface area contributed by atoms with Crippen molar-refractivity contribution in [2.24, 2.45) is 5.92 Å². The number of carbonyl (C=O) groups is 1. The molecule has 0 saturated heterocycles. The highest BCUT2D eigenvalue weighted by Crippen LogP contribution is 2.18. The van der Waals surface area contributed by atoms with Gasteiger partial charge in [0, 0.05) is 5.92 Å². The molecule has 16 heavy (non-hydrogen) atoms. The molecule has 0 aliphatic heterocycles. The minimum atomic E-state index is -0.301. The van der Waals surface area contributed by atoms with Crippen LogP contribution >= 0.6 is 15.9 Å². The van der Waals surface area contributed by atoms with Crippen LogP contribution in [-0.2, 0) is 11.2 Å². The van der Waals surface area contributed by atoms with Gasteiger partial charge in [-0.15, -0.1) is 0 Å². The van der Waals surface area contributed by atoms with Crippen LogP contribution < -0.4 is 0 Å². The quantitative estimate of drug-likeness (QED) is 0.772. The summed E-state index contributed by atoms with van der Waals surface area (Å²) in [5.41, 5.74) is 1.48. The molecule has 0 spiro atoms. The maximum Gasteiger partial charge on any atom is 0.149 e. The molecule has 0 aromatic heterocycles. The third kappa shape index (κ3) is 3.41. The summed E-state index contributed by atoms with van der Waals surface area (Å²) in [7, 11) is 0. The zero-order valence-electron chi connectivity index (χ0n) is 9.76. The Morgan fingerprint density at radius 1 is 1.44 bits per heavy atom. The van der Waals surface area contributed by atoms with Gasteiger partial charge in [-0.1, -0.05) is 41.9 Å². The maximum absolute atomic E-state index is 13.5. The van der Waals surface area contributed by atoms with Crippen LogP contribution in [0.4, 0.5) is 4.39 Å². The Hall–Kier alpha value is -0.700. The third-order valence-electron chi connectivity index (χ3n) is 2.49. The van der Waals surface area contributed by atoms with Crippen LogP contribution in [0.3, 0.4) is 0 Å². The molecule has 1 nitrogen and oxygen atoms in total. The van der Waals surface area contributed by atoms with Crippen molar-refractivity contribution in [2.75, 3.05) is 0 Å². The van der Waals surface area contributed by atoms with Crippen LogP contribution in [-0.4, -0.2) is 10.6 Å². The van der Waals surface area contributed by atoms with Crippen molar-refractivity contribution in [2.45, 2.75) is 32.0 Å². The van der Waals surface area contributed by atoms with Gasteiger partial charge in [0.2, 0.25) is 0 Å². The largest absolute Gasteiger partial charge is 0.298 e. The minimum Gasteiger partial charge on any atom is -0.298 e. The highest BCUT2D eigenvalue weighted by atomic mass is 79.9. The Kier molecular flexibility index (Phi) is 4.66. The first kappa shape index (κ1) is 13.4. The number of ketones is 1. The van der Waals surface area contributed by atoms with Crippen LogP contribution in [0.15, 0.2) is 18.2 Å². The molecule has 3 heteroatoms. The predicted molar refractivity (Wildman–Crippen MR) is 67.4 cm³/mol. The van der Waals surface area contributed by atoms with E-state index in [-0.39, 0.29) is 22.3 Å². The summed E-state index contributed by atoms with van der Waals surface area (Å²) in [5.74, 6) is -0.154. The molecule has 0 saturated carbocycles. The highest BCUT2D eigenvalue weighted by Gasteiger charge is 2.19. The van der Waals surface area contributed by atoms with Gasteiger partial charge in [-0.2, -0.15) is 0 Å². The number of alkyl halides is 1. The fraction of sp³-hybridized carbons (Fsp3) is 0.462. The van der Waals surface area contributed by atoms with Crippen molar-refractivity contribution in [3.63, 3.8) is 0 Å². The standard InChI is InChI=1S/C13H16BrFO/c1-8(2)13(16)11(14)7-10-5-4-9(3)6-12(10)15/h4-6,8,11H,7H2,1-3H3. The van der Waals surface area contributed by atoms with E-state index in [9.17, 15) is 9.18 Å². The lowest BCUT2D eigenvalue weighted by atomic mass is 10.00. The van der Waals surface area contributed by atoms with E-state index in [2.05, 4.69) is 15.9 Å². The molecule has 0 N–H and O–H groups in total. The third-order valence-corrected chi connectivity index (χ3v) is 3.26. The molecule has 1 atom stereocenters. The number of rotatable bonds is 4. The number of benzene rings is 1. The molecule has 1 aromatic carbocycles. The predicted octanol–water partition coefficient (Wildman–Crippen LogP) is 3.67. The van der Waals surface area contributed by atoms with E-state index in [1.807, 2.05) is 26.8 Å². The lowest BCUT2D eigenvalue weighted by Gasteiger charge is -2.12. The van der Waals surface area contributed by atoms with Crippen molar-refractivity contribution in [1.29, 1.82) is 0 Å². The van der Waals surface area contributed by atoms with Gasteiger partial charge >= 0.3 is 0 Å². The summed E-state index contributed by atoms with van der Waals surface area (Å²) in [5, 5.41) is 0. The van der Waals surface area contributed by atoms with Crippen molar-refractivity contribution in [3.05, 3.63) is 35.1 Å². The average molecular weight is 287 g/mol. The lowest BCUT2D eigenvalue weighted by Crippen LogP contribution is -2.22. The lowest BCUT2D eigenvalue weighted by molar-refractivity contribution is -0.121. The van der Waals surface area contributed by atoms with Crippen molar-refractivity contribution in [1.82, 2.24) is 0 Å². The summed E-state index contributed by atoms with van der Waals surface area (Å²) in [6.07, 6.45) is 0.406. The smallest absolute Gasteiger partial charge is 0.149 e. The first-order valence-electron chi connectivity index (χ1n) is 5.34. The molecule has 0 heterocycles.